The van der Waals surface area contributed by atoms with Crippen molar-refractivity contribution in [1.29, 1.82) is 0 Å². The molecule has 4 N–H and O–H groups in total. The predicted octanol–water partition coefficient (Wildman–Crippen LogP) is 1.61. The van der Waals surface area contributed by atoms with Gasteiger partial charge in [0.25, 0.3) is 0 Å². The molecule has 0 heterocycles. The standard InChI is InChI=1S/C10H20N2/c1-3-10(8(2)12)6-4-5-9(10)7-11/h9H,2-7,11-12H2,1H3. The highest BCUT2D eigenvalue weighted by molar-refractivity contribution is 5.11. The molecular weight excluding hydrogens is 148 g/mol. The first-order valence-electron chi connectivity index (χ1n) is 4.82. The minimum Gasteiger partial charge on any atom is -0.402 e. The number of hydrogen-bond donors (Lipinski definition) is 2. The van der Waals surface area contributed by atoms with Crippen LogP contribution >= 0.6 is 0 Å². The third-order valence-electron chi connectivity index (χ3n) is 3.51. The summed E-state index contributed by atoms with van der Waals surface area (Å²) in [6.07, 6.45) is 4.75. The zero-order valence-corrected chi connectivity index (χ0v) is 7.97. The molecule has 2 nitrogen and oxygen atoms in total. The Kier molecular flexibility index (Phi) is 2.78. The molecule has 2 atom stereocenters. The molecule has 0 aromatic rings. The van der Waals surface area contributed by atoms with Crippen molar-refractivity contribution in [2.45, 2.75) is 32.6 Å². The van der Waals surface area contributed by atoms with E-state index in [4.69, 9.17) is 11.5 Å². The van der Waals surface area contributed by atoms with Gasteiger partial charge in [-0.25, -0.2) is 0 Å². The number of allylic oxidation sites excluding steroid dienone is 1. The molecule has 12 heavy (non-hydrogen) atoms. The molecule has 0 spiro atoms. The van der Waals surface area contributed by atoms with Gasteiger partial charge in [-0.3, -0.25) is 0 Å². The van der Waals surface area contributed by atoms with Crippen molar-refractivity contribution in [3.05, 3.63) is 12.3 Å². The summed E-state index contributed by atoms with van der Waals surface area (Å²) in [5.74, 6) is 0.569. The summed E-state index contributed by atoms with van der Waals surface area (Å²) in [6.45, 7) is 6.84. The second kappa shape index (κ2) is 3.48. The summed E-state index contributed by atoms with van der Waals surface area (Å²) in [7, 11) is 0. The molecule has 2 unspecified atom stereocenters. The third-order valence-corrected chi connectivity index (χ3v) is 3.51. The molecule has 70 valence electrons. The Labute approximate surface area is 75.0 Å². The molecule has 0 amide bonds. The minimum atomic E-state index is 0.161. The highest BCUT2D eigenvalue weighted by Gasteiger charge is 2.41. The van der Waals surface area contributed by atoms with E-state index in [1.54, 1.807) is 0 Å². The van der Waals surface area contributed by atoms with E-state index < -0.39 is 0 Å². The van der Waals surface area contributed by atoms with Gasteiger partial charge in [0.1, 0.15) is 0 Å². The maximum atomic E-state index is 5.86. The lowest BCUT2D eigenvalue weighted by Gasteiger charge is -2.34. The van der Waals surface area contributed by atoms with Gasteiger partial charge in [-0.05, 0) is 31.7 Å². The average molecular weight is 168 g/mol. The topological polar surface area (TPSA) is 52.0 Å². The monoisotopic (exact) mass is 168 g/mol. The molecule has 0 radical (unpaired) electrons. The third kappa shape index (κ3) is 1.24. The lowest BCUT2D eigenvalue weighted by Crippen LogP contribution is -2.34. The Morgan fingerprint density at radius 1 is 1.67 bits per heavy atom. The van der Waals surface area contributed by atoms with E-state index >= 15 is 0 Å². The van der Waals surface area contributed by atoms with Crippen molar-refractivity contribution >= 4 is 0 Å². The quantitative estimate of drug-likeness (QED) is 0.672. The van der Waals surface area contributed by atoms with Crippen molar-refractivity contribution in [2.75, 3.05) is 6.54 Å². The van der Waals surface area contributed by atoms with Crippen LogP contribution in [-0.2, 0) is 0 Å². The van der Waals surface area contributed by atoms with Crippen molar-refractivity contribution < 1.29 is 0 Å². The molecule has 1 rings (SSSR count). The molecule has 1 fully saturated rings. The summed E-state index contributed by atoms with van der Waals surface area (Å²) in [5, 5.41) is 0. The first-order chi connectivity index (χ1) is 5.67. The number of rotatable bonds is 3. The van der Waals surface area contributed by atoms with E-state index in [2.05, 4.69) is 13.5 Å². The molecule has 0 aliphatic heterocycles. The number of nitrogens with two attached hydrogens (primary N) is 2. The summed E-state index contributed by atoms with van der Waals surface area (Å²) in [4.78, 5) is 0. The SMILES string of the molecule is C=C(N)C1(CC)CCCC1CN. The lowest BCUT2D eigenvalue weighted by atomic mass is 9.73. The molecule has 0 aromatic carbocycles. The minimum absolute atomic E-state index is 0.161. The zero-order valence-electron chi connectivity index (χ0n) is 7.97. The highest BCUT2D eigenvalue weighted by atomic mass is 14.7. The van der Waals surface area contributed by atoms with Crippen LogP contribution in [0, 0.1) is 11.3 Å². The Bertz CT molecular complexity index is 177. The van der Waals surface area contributed by atoms with E-state index in [9.17, 15) is 0 Å². The molecule has 1 aliphatic rings. The Balaban J connectivity index is 2.83. The highest BCUT2D eigenvalue weighted by Crippen LogP contribution is 2.48. The van der Waals surface area contributed by atoms with Crippen LogP contribution in [-0.4, -0.2) is 6.54 Å². The van der Waals surface area contributed by atoms with E-state index in [0.717, 1.165) is 18.7 Å². The fraction of sp³-hybridized carbons (Fsp3) is 0.800. The van der Waals surface area contributed by atoms with Gasteiger partial charge in [-0.15, -0.1) is 0 Å². The van der Waals surface area contributed by atoms with E-state index in [0.29, 0.717) is 5.92 Å². The van der Waals surface area contributed by atoms with Crippen molar-refractivity contribution in [3.8, 4) is 0 Å². The van der Waals surface area contributed by atoms with Gasteiger partial charge in [-0.1, -0.05) is 19.9 Å². The lowest BCUT2D eigenvalue weighted by molar-refractivity contribution is 0.248. The molecular formula is C10H20N2. The van der Waals surface area contributed by atoms with E-state index in [-0.39, 0.29) is 5.41 Å². The van der Waals surface area contributed by atoms with E-state index in [1.165, 1.54) is 19.3 Å². The second-order valence-corrected chi connectivity index (χ2v) is 3.86. The van der Waals surface area contributed by atoms with Crippen LogP contribution in [0.2, 0.25) is 0 Å². The maximum absolute atomic E-state index is 5.86. The molecule has 1 aliphatic carbocycles. The second-order valence-electron chi connectivity index (χ2n) is 3.86. The normalized spacial score (nSPS) is 35.3. The van der Waals surface area contributed by atoms with Crippen LogP contribution in [0.15, 0.2) is 12.3 Å². The Hall–Kier alpha value is -0.500. The zero-order chi connectivity index (χ0) is 9.19. The van der Waals surface area contributed by atoms with Crippen LogP contribution in [0.5, 0.6) is 0 Å². The Morgan fingerprint density at radius 3 is 2.67 bits per heavy atom. The first kappa shape index (κ1) is 9.59. The predicted molar refractivity (Wildman–Crippen MR) is 52.4 cm³/mol. The van der Waals surface area contributed by atoms with Crippen LogP contribution in [0.4, 0.5) is 0 Å². The van der Waals surface area contributed by atoms with Gasteiger partial charge >= 0.3 is 0 Å². The molecule has 0 aromatic heterocycles. The van der Waals surface area contributed by atoms with Gasteiger partial charge in [-0.2, -0.15) is 0 Å². The van der Waals surface area contributed by atoms with Crippen LogP contribution in [0.1, 0.15) is 32.6 Å². The van der Waals surface area contributed by atoms with Crippen LogP contribution in [0.25, 0.3) is 0 Å². The first-order valence-corrected chi connectivity index (χ1v) is 4.82. The maximum Gasteiger partial charge on any atom is 0.0130 e. The van der Waals surface area contributed by atoms with Gasteiger partial charge in [0, 0.05) is 11.1 Å². The molecule has 1 saturated carbocycles. The molecule has 0 saturated heterocycles. The molecule has 2 heteroatoms. The fourth-order valence-corrected chi connectivity index (χ4v) is 2.60. The van der Waals surface area contributed by atoms with Gasteiger partial charge in [0.2, 0.25) is 0 Å². The van der Waals surface area contributed by atoms with Crippen molar-refractivity contribution in [2.24, 2.45) is 22.8 Å². The van der Waals surface area contributed by atoms with Crippen molar-refractivity contribution in [1.82, 2.24) is 0 Å². The summed E-state index contributed by atoms with van der Waals surface area (Å²) in [5.41, 5.74) is 12.6. The number of hydrogen-bond acceptors (Lipinski definition) is 2. The summed E-state index contributed by atoms with van der Waals surface area (Å²) in [6, 6.07) is 0. The smallest absolute Gasteiger partial charge is 0.0130 e. The van der Waals surface area contributed by atoms with Crippen molar-refractivity contribution in [3.63, 3.8) is 0 Å². The fourth-order valence-electron chi connectivity index (χ4n) is 2.60. The van der Waals surface area contributed by atoms with Gasteiger partial charge in [0.05, 0.1) is 0 Å². The summed E-state index contributed by atoms with van der Waals surface area (Å²) >= 11 is 0. The molecule has 0 bridgehead atoms. The Morgan fingerprint density at radius 2 is 2.33 bits per heavy atom. The van der Waals surface area contributed by atoms with Gasteiger partial charge < -0.3 is 11.5 Å². The average Bonchev–Trinajstić information content (AvgIpc) is 2.47. The van der Waals surface area contributed by atoms with Gasteiger partial charge in [0.15, 0.2) is 0 Å². The van der Waals surface area contributed by atoms with Crippen LogP contribution in [0.3, 0.4) is 0 Å². The largest absolute Gasteiger partial charge is 0.402 e. The van der Waals surface area contributed by atoms with Crippen LogP contribution < -0.4 is 11.5 Å². The summed E-state index contributed by atoms with van der Waals surface area (Å²) < 4.78 is 0. The van der Waals surface area contributed by atoms with E-state index in [1.807, 2.05) is 0 Å².